The van der Waals surface area contributed by atoms with Crippen LogP contribution in [0.4, 0.5) is 5.82 Å². The number of fused-ring (bicyclic) bond motifs is 1. The average Bonchev–Trinajstić information content (AvgIpc) is 3.08. The molecule has 3 aromatic rings. The number of para-hydroxylation sites is 1. The van der Waals surface area contributed by atoms with E-state index < -0.39 is 0 Å². The molecule has 1 saturated heterocycles. The van der Waals surface area contributed by atoms with Crippen LogP contribution in [0, 0.1) is 0 Å². The monoisotopic (exact) mass is 294 g/mol. The first-order chi connectivity index (χ1) is 10.9. The first-order valence-electron chi connectivity index (χ1n) is 7.70. The summed E-state index contributed by atoms with van der Waals surface area (Å²) in [4.78, 5) is 15.4. The smallest absolute Gasteiger partial charge is 0.140 e. The second-order valence-electron chi connectivity index (χ2n) is 5.67. The molecule has 1 aliphatic heterocycles. The Labute approximate surface area is 128 Å². The Morgan fingerprint density at radius 1 is 1.09 bits per heavy atom. The molecule has 0 amide bonds. The van der Waals surface area contributed by atoms with E-state index in [9.17, 15) is 0 Å². The molecule has 1 aromatic carbocycles. The Morgan fingerprint density at radius 2 is 2.05 bits per heavy atom. The van der Waals surface area contributed by atoms with Crippen molar-refractivity contribution in [2.24, 2.45) is 0 Å². The highest BCUT2D eigenvalue weighted by Gasteiger charge is 2.25. The van der Waals surface area contributed by atoms with Crippen LogP contribution in [0.5, 0.6) is 0 Å². The normalized spacial score (nSPS) is 18.7. The van der Waals surface area contributed by atoms with Gasteiger partial charge in [-0.15, -0.1) is 0 Å². The maximum atomic E-state index is 4.58. The molecular weight excluding hydrogens is 276 g/mol. The molecule has 112 valence electrons. The number of hydrogen-bond acceptors (Lipinski definition) is 5. The van der Waals surface area contributed by atoms with Crippen molar-refractivity contribution >= 4 is 16.7 Å². The SMILES string of the molecule is c1ccc2c(N3CCCC[C@H]3Cn3cncn3)ncnc2c1. The summed E-state index contributed by atoms with van der Waals surface area (Å²) in [6, 6.07) is 8.60. The van der Waals surface area contributed by atoms with E-state index >= 15 is 0 Å². The predicted molar refractivity (Wildman–Crippen MR) is 84.5 cm³/mol. The molecule has 0 saturated carbocycles. The largest absolute Gasteiger partial charge is 0.351 e. The van der Waals surface area contributed by atoms with Gasteiger partial charge in [-0.2, -0.15) is 5.10 Å². The Morgan fingerprint density at radius 3 is 2.95 bits per heavy atom. The second kappa shape index (κ2) is 5.71. The van der Waals surface area contributed by atoms with Crippen molar-refractivity contribution in [2.45, 2.75) is 31.8 Å². The van der Waals surface area contributed by atoms with Gasteiger partial charge in [0.1, 0.15) is 24.8 Å². The molecule has 3 heterocycles. The summed E-state index contributed by atoms with van der Waals surface area (Å²) in [5, 5.41) is 5.37. The second-order valence-corrected chi connectivity index (χ2v) is 5.67. The van der Waals surface area contributed by atoms with E-state index in [0.29, 0.717) is 6.04 Å². The van der Waals surface area contributed by atoms with E-state index in [1.54, 1.807) is 19.0 Å². The maximum Gasteiger partial charge on any atom is 0.140 e. The maximum absolute atomic E-state index is 4.58. The summed E-state index contributed by atoms with van der Waals surface area (Å²) >= 11 is 0. The molecular formula is C16H18N6. The van der Waals surface area contributed by atoms with Crippen LogP contribution in [-0.4, -0.2) is 37.3 Å². The number of nitrogens with zero attached hydrogens (tertiary/aromatic N) is 6. The van der Waals surface area contributed by atoms with E-state index in [2.05, 4.69) is 31.0 Å². The van der Waals surface area contributed by atoms with Gasteiger partial charge in [0.25, 0.3) is 0 Å². The number of piperidine rings is 1. The van der Waals surface area contributed by atoms with E-state index in [1.807, 2.05) is 22.9 Å². The molecule has 22 heavy (non-hydrogen) atoms. The minimum Gasteiger partial charge on any atom is -0.351 e. The van der Waals surface area contributed by atoms with Gasteiger partial charge in [0, 0.05) is 11.9 Å². The summed E-state index contributed by atoms with van der Waals surface area (Å²) in [5.41, 5.74) is 0.998. The van der Waals surface area contributed by atoms with Crippen molar-refractivity contribution in [2.75, 3.05) is 11.4 Å². The lowest BCUT2D eigenvalue weighted by Crippen LogP contribution is -2.43. The van der Waals surface area contributed by atoms with Crippen molar-refractivity contribution in [3.05, 3.63) is 43.2 Å². The third kappa shape index (κ3) is 2.41. The van der Waals surface area contributed by atoms with Gasteiger partial charge in [0.2, 0.25) is 0 Å². The Balaban J connectivity index is 1.71. The van der Waals surface area contributed by atoms with Gasteiger partial charge in [-0.05, 0) is 31.4 Å². The highest BCUT2D eigenvalue weighted by molar-refractivity contribution is 5.89. The highest BCUT2D eigenvalue weighted by atomic mass is 15.3. The number of benzene rings is 1. The zero-order valence-electron chi connectivity index (χ0n) is 12.3. The van der Waals surface area contributed by atoms with Crippen molar-refractivity contribution in [1.29, 1.82) is 0 Å². The molecule has 1 fully saturated rings. The first-order valence-corrected chi connectivity index (χ1v) is 7.70. The summed E-state index contributed by atoms with van der Waals surface area (Å²) in [6.07, 6.45) is 8.64. The van der Waals surface area contributed by atoms with E-state index in [-0.39, 0.29) is 0 Å². The molecule has 2 aromatic heterocycles. The highest BCUT2D eigenvalue weighted by Crippen LogP contribution is 2.29. The van der Waals surface area contributed by atoms with Crippen LogP contribution in [0.3, 0.4) is 0 Å². The fraction of sp³-hybridized carbons (Fsp3) is 0.375. The molecule has 0 spiro atoms. The third-order valence-electron chi connectivity index (χ3n) is 4.29. The average molecular weight is 294 g/mol. The van der Waals surface area contributed by atoms with Crippen LogP contribution >= 0.6 is 0 Å². The standard InChI is InChI=1S/C16H18N6/c1-2-7-15-14(6-1)16(19-11-18-15)22-8-4-3-5-13(22)9-21-12-17-10-20-21/h1-2,6-7,10-13H,3-5,8-9H2/t13-/m0/s1. The number of anilines is 1. The lowest BCUT2D eigenvalue weighted by molar-refractivity contribution is 0.397. The predicted octanol–water partition coefficient (Wildman–Crippen LogP) is 2.28. The molecule has 6 heteroatoms. The van der Waals surface area contributed by atoms with Crippen molar-refractivity contribution in [3.63, 3.8) is 0 Å². The molecule has 1 aliphatic rings. The fourth-order valence-electron chi connectivity index (χ4n) is 3.23. The van der Waals surface area contributed by atoms with Gasteiger partial charge in [0.05, 0.1) is 18.1 Å². The summed E-state index contributed by atoms with van der Waals surface area (Å²) in [5.74, 6) is 1.04. The number of hydrogen-bond donors (Lipinski definition) is 0. The van der Waals surface area contributed by atoms with Gasteiger partial charge in [-0.1, -0.05) is 12.1 Å². The summed E-state index contributed by atoms with van der Waals surface area (Å²) < 4.78 is 1.91. The molecule has 4 rings (SSSR count). The zero-order chi connectivity index (χ0) is 14.8. The summed E-state index contributed by atoms with van der Waals surface area (Å²) in [7, 11) is 0. The van der Waals surface area contributed by atoms with E-state index in [1.165, 1.54) is 12.8 Å². The zero-order valence-corrected chi connectivity index (χ0v) is 12.3. The Kier molecular flexibility index (Phi) is 3.42. The van der Waals surface area contributed by atoms with Crippen LogP contribution in [0.25, 0.3) is 10.9 Å². The first kappa shape index (κ1) is 13.2. The topological polar surface area (TPSA) is 59.7 Å². The van der Waals surface area contributed by atoms with Gasteiger partial charge in [-0.3, -0.25) is 4.68 Å². The molecule has 0 unspecified atom stereocenters. The van der Waals surface area contributed by atoms with Gasteiger partial charge < -0.3 is 4.90 Å². The van der Waals surface area contributed by atoms with Crippen molar-refractivity contribution < 1.29 is 0 Å². The fourth-order valence-corrected chi connectivity index (χ4v) is 3.23. The minimum atomic E-state index is 0.397. The molecule has 0 bridgehead atoms. The number of aromatic nitrogens is 5. The lowest BCUT2D eigenvalue weighted by atomic mass is 10.0. The molecule has 1 atom stereocenters. The van der Waals surface area contributed by atoms with Crippen molar-refractivity contribution in [3.8, 4) is 0 Å². The molecule has 0 radical (unpaired) electrons. The van der Waals surface area contributed by atoms with Crippen LogP contribution in [0.1, 0.15) is 19.3 Å². The quantitative estimate of drug-likeness (QED) is 0.741. The Bertz CT molecular complexity index is 749. The van der Waals surface area contributed by atoms with Gasteiger partial charge >= 0.3 is 0 Å². The van der Waals surface area contributed by atoms with Crippen LogP contribution < -0.4 is 4.90 Å². The van der Waals surface area contributed by atoms with Crippen LogP contribution in [0.2, 0.25) is 0 Å². The van der Waals surface area contributed by atoms with Crippen LogP contribution in [-0.2, 0) is 6.54 Å². The van der Waals surface area contributed by atoms with Crippen molar-refractivity contribution in [1.82, 2.24) is 24.7 Å². The van der Waals surface area contributed by atoms with Crippen LogP contribution in [0.15, 0.2) is 43.2 Å². The Hall–Kier alpha value is -2.50. The number of rotatable bonds is 3. The minimum absolute atomic E-state index is 0.397. The lowest BCUT2D eigenvalue weighted by Gasteiger charge is -2.37. The molecule has 6 nitrogen and oxygen atoms in total. The molecule has 0 aliphatic carbocycles. The third-order valence-corrected chi connectivity index (χ3v) is 4.29. The van der Waals surface area contributed by atoms with Gasteiger partial charge in [0.15, 0.2) is 0 Å². The van der Waals surface area contributed by atoms with E-state index in [0.717, 1.165) is 36.2 Å². The van der Waals surface area contributed by atoms with E-state index in [4.69, 9.17) is 0 Å². The molecule has 0 N–H and O–H groups in total. The van der Waals surface area contributed by atoms with Gasteiger partial charge in [-0.25, -0.2) is 15.0 Å². The summed E-state index contributed by atoms with van der Waals surface area (Å²) in [6.45, 7) is 1.87.